The number of hydrogen-bond donors (Lipinski definition) is 1. The monoisotopic (exact) mass is 288 g/mol. The molecule has 0 fully saturated rings. The Kier molecular flexibility index (Phi) is 11.5. The van der Waals surface area contributed by atoms with Gasteiger partial charge in [-0.25, -0.2) is 0 Å². The van der Waals surface area contributed by atoms with Gasteiger partial charge in [-0.1, -0.05) is 65.7 Å². The number of unbranched alkanes of at least 4 members (excludes halogenated alkanes) is 8. The lowest BCUT2D eigenvalue weighted by molar-refractivity contribution is -0.137. The first kappa shape index (κ1) is 18.8. The van der Waals surface area contributed by atoms with Crippen molar-refractivity contribution in [3.05, 3.63) is 0 Å². The van der Waals surface area contributed by atoms with Crippen molar-refractivity contribution in [2.45, 2.75) is 89.7 Å². The summed E-state index contributed by atoms with van der Waals surface area (Å²) in [4.78, 5) is 10.3. The minimum Gasteiger partial charge on any atom is -0.481 e. The summed E-state index contributed by atoms with van der Waals surface area (Å²) >= 11 is 2.07. The van der Waals surface area contributed by atoms with Crippen molar-refractivity contribution in [3.63, 3.8) is 0 Å². The van der Waals surface area contributed by atoms with Crippen LogP contribution in [-0.4, -0.2) is 21.6 Å². The summed E-state index contributed by atoms with van der Waals surface area (Å²) in [7, 11) is 0. The Labute approximate surface area is 123 Å². The van der Waals surface area contributed by atoms with Gasteiger partial charge in [-0.2, -0.15) is 11.8 Å². The quantitative estimate of drug-likeness (QED) is 0.481. The molecule has 0 spiro atoms. The van der Waals surface area contributed by atoms with Crippen LogP contribution in [0.15, 0.2) is 0 Å². The second-order valence-corrected chi connectivity index (χ2v) is 8.21. The molecule has 0 atom stereocenters. The number of rotatable bonds is 12. The lowest BCUT2D eigenvalue weighted by atomic mass is 10.1. The number of carboxylic acid groups (broad SMARTS) is 1. The summed E-state index contributed by atoms with van der Waals surface area (Å²) in [6, 6.07) is 0. The van der Waals surface area contributed by atoms with Crippen LogP contribution in [-0.2, 0) is 4.79 Å². The molecule has 0 heterocycles. The summed E-state index contributed by atoms with van der Waals surface area (Å²) in [5.74, 6) is 0.631. The van der Waals surface area contributed by atoms with Crippen LogP contribution in [0, 0.1) is 0 Å². The van der Waals surface area contributed by atoms with Crippen LogP contribution in [0.2, 0.25) is 0 Å². The van der Waals surface area contributed by atoms with E-state index in [9.17, 15) is 4.79 Å². The van der Waals surface area contributed by atoms with Gasteiger partial charge < -0.3 is 5.11 Å². The van der Waals surface area contributed by atoms with Crippen molar-refractivity contribution in [1.82, 2.24) is 0 Å². The van der Waals surface area contributed by atoms with Crippen LogP contribution in [0.1, 0.15) is 85.0 Å². The largest absolute Gasteiger partial charge is 0.481 e. The average Bonchev–Trinajstić information content (AvgIpc) is 2.28. The SMILES string of the molecule is CC(C)(C)SCCCCCCCCCCCC(=O)O. The van der Waals surface area contributed by atoms with Gasteiger partial charge in [0.2, 0.25) is 0 Å². The minimum atomic E-state index is -0.659. The fraction of sp³-hybridized carbons (Fsp3) is 0.938. The topological polar surface area (TPSA) is 37.3 Å². The Morgan fingerprint density at radius 2 is 1.26 bits per heavy atom. The maximum absolute atomic E-state index is 10.3. The van der Waals surface area contributed by atoms with E-state index in [4.69, 9.17) is 5.11 Å². The fourth-order valence-electron chi connectivity index (χ4n) is 1.99. The molecule has 0 unspecified atom stereocenters. The molecule has 19 heavy (non-hydrogen) atoms. The van der Waals surface area contributed by atoms with E-state index in [1.165, 1.54) is 50.7 Å². The molecule has 0 aromatic carbocycles. The van der Waals surface area contributed by atoms with Crippen LogP contribution in [0.25, 0.3) is 0 Å². The summed E-state index contributed by atoms with van der Waals surface area (Å²) in [5.41, 5.74) is 0. The van der Waals surface area contributed by atoms with Gasteiger partial charge in [0.1, 0.15) is 0 Å². The highest BCUT2D eigenvalue weighted by molar-refractivity contribution is 8.00. The third-order valence-corrected chi connectivity index (χ3v) is 4.43. The Balaban J connectivity index is 3.05. The maximum Gasteiger partial charge on any atom is 0.303 e. The zero-order valence-electron chi connectivity index (χ0n) is 13.0. The van der Waals surface area contributed by atoms with Crippen molar-refractivity contribution in [1.29, 1.82) is 0 Å². The molecule has 2 nitrogen and oxygen atoms in total. The highest BCUT2D eigenvalue weighted by atomic mass is 32.2. The summed E-state index contributed by atoms with van der Waals surface area (Å²) in [5, 5.41) is 8.51. The summed E-state index contributed by atoms with van der Waals surface area (Å²) < 4.78 is 0.413. The second kappa shape index (κ2) is 11.6. The van der Waals surface area contributed by atoms with E-state index >= 15 is 0 Å². The molecule has 0 aromatic rings. The third-order valence-electron chi connectivity index (χ3n) is 3.07. The minimum absolute atomic E-state index is 0.339. The van der Waals surface area contributed by atoms with Crippen LogP contribution < -0.4 is 0 Å². The third kappa shape index (κ3) is 17.8. The Hall–Kier alpha value is -0.180. The molecule has 0 aliphatic heterocycles. The van der Waals surface area contributed by atoms with Crippen LogP contribution in [0.5, 0.6) is 0 Å². The Bertz CT molecular complexity index is 221. The molecule has 0 amide bonds. The molecule has 3 heteroatoms. The summed E-state index contributed by atoms with van der Waals surface area (Å²) in [6.07, 6.45) is 11.5. The van der Waals surface area contributed by atoms with Gasteiger partial charge in [0.05, 0.1) is 0 Å². The standard InChI is InChI=1S/C16H32O2S/c1-16(2,3)19-14-12-10-8-6-4-5-7-9-11-13-15(17)18/h4-14H2,1-3H3,(H,17,18). The van der Waals surface area contributed by atoms with Gasteiger partial charge in [0.25, 0.3) is 0 Å². The van der Waals surface area contributed by atoms with Crippen LogP contribution in [0.3, 0.4) is 0 Å². The highest BCUT2D eigenvalue weighted by Gasteiger charge is 2.08. The lowest BCUT2D eigenvalue weighted by Gasteiger charge is -2.17. The summed E-state index contributed by atoms with van der Waals surface area (Å²) in [6.45, 7) is 6.84. The molecule has 0 saturated heterocycles. The van der Waals surface area contributed by atoms with Crippen molar-refractivity contribution >= 4 is 17.7 Å². The number of carbonyl (C=O) groups is 1. The lowest BCUT2D eigenvalue weighted by Crippen LogP contribution is -2.08. The molecular weight excluding hydrogens is 256 g/mol. The predicted molar refractivity (Wildman–Crippen MR) is 86.0 cm³/mol. The van der Waals surface area contributed by atoms with Crippen molar-refractivity contribution in [2.75, 3.05) is 5.75 Å². The van der Waals surface area contributed by atoms with E-state index in [-0.39, 0.29) is 0 Å². The Morgan fingerprint density at radius 3 is 1.68 bits per heavy atom. The van der Waals surface area contributed by atoms with Gasteiger partial charge in [0, 0.05) is 11.2 Å². The molecular formula is C16H32O2S. The number of carboxylic acids is 1. The fourth-order valence-corrected chi connectivity index (χ4v) is 2.95. The van der Waals surface area contributed by atoms with Gasteiger partial charge >= 0.3 is 5.97 Å². The number of aliphatic carboxylic acids is 1. The van der Waals surface area contributed by atoms with E-state index in [1.807, 2.05) is 0 Å². The van der Waals surface area contributed by atoms with Crippen molar-refractivity contribution < 1.29 is 9.90 Å². The molecule has 114 valence electrons. The molecule has 0 aliphatic rings. The van der Waals surface area contributed by atoms with E-state index < -0.39 is 5.97 Å². The van der Waals surface area contributed by atoms with Crippen molar-refractivity contribution in [2.24, 2.45) is 0 Å². The van der Waals surface area contributed by atoms with Crippen LogP contribution >= 0.6 is 11.8 Å². The number of hydrogen-bond acceptors (Lipinski definition) is 2. The van der Waals surface area contributed by atoms with E-state index in [1.54, 1.807) is 0 Å². The van der Waals surface area contributed by atoms with E-state index in [0.29, 0.717) is 11.2 Å². The first-order valence-electron chi connectivity index (χ1n) is 7.77. The first-order valence-corrected chi connectivity index (χ1v) is 8.76. The van der Waals surface area contributed by atoms with Gasteiger partial charge in [-0.15, -0.1) is 0 Å². The van der Waals surface area contributed by atoms with Crippen LogP contribution in [0.4, 0.5) is 0 Å². The highest BCUT2D eigenvalue weighted by Crippen LogP contribution is 2.24. The normalized spacial score (nSPS) is 11.7. The average molecular weight is 288 g/mol. The molecule has 0 bridgehead atoms. The van der Waals surface area contributed by atoms with Gasteiger partial charge in [0.15, 0.2) is 0 Å². The zero-order chi connectivity index (χ0) is 14.6. The molecule has 0 aliphatic carbocycles. The maximum atomic E-state index is 10.3. The Morgan fingerprint density at radius 1 is 0.842 bits per heavy atom. The van der Waals surface area contributed by atoms with E-state index in [2.05, 4.69) is 32.5 Å². The number of thioether (sulfide) groups is 1. The molecule has 1 N–H and O–H groups in total. The smallest absolute Gasteiger partial charge is 0.303 e. The van der Waals surface area contributed by atoms with Crippen molar-refractivity contribution in [3.8, 4) is 0 Å². The van der Waals surface area contributed by atoms with Gasteiger partial charge in [-0.05, 0) is 18.6 Å². The molecule has 0 radical (unpaired) electrons. The molecule has 0 aromatic heterocycles. The van der Waals surface area contributed by atoms with Gasteiger partial charge in [-0.3, -0.25) is 4.79 Å². The second-order valence-electron chi connectivity index (χ2n) is 6.29. The first-order chi connectivity index (χ1) is 8.92. The zero-order valence-corrected chi connectivity index (χ0v) is 13.9. The molecule has 0 saturated carbocycles. The van der Waals surface area contributed by atoms with E-state index in [0.717, 1.165) is 12.8 Å². The molecule has 0 rings (SSSR count). The predicted octanol–water partition coefficient (Wildman–Crippen LogP) is 5.50.